The summed E-state index contributed by atoms with van der Waals surface area (Å²) in [7, 11) is 0. The summed E-state index contributed by atoms with van der Waals surface area (Å²) >= 11 is 6.44. The fourth-order valence-electron chi connectivity index (χ4n) is 2.39. The predicted molar refractivity (Wildman–Crippen MR) is 90.8 cm³/mol. The molecule has 2 heterocycles. The first-order valence-electron chi connectivity index (χ1n) is 7.29. The Hall–Kier alpha value is -2.34. The number of aromatic amines is 1. The lowest BCUT2D eigenvalue weighted by atomic mass is 9.92. The number of aromatic nitrogens is 4. The molecule has 7 heteroatoms. The van der Waals surface area contributed by atoms with Gasteiger partial charge in [-0.05, 0) is 12.1 Å². The van der Waals surface area contributed by atoms with Gasteiger partial charge < -0.3 is 10.3 Å². The van der Waals surface area contributed by atoms with Crippen LogP contribution in [0.15, 0.2) is 24.3 Å². The number of fused-ring (bicyclic) bond motifs is 1. The summed E-state index contributed by atoms with van der Waals surface area (Å²) < 4.78 is 1.50. The van der Waals surface area contributed by atoms with Gasteiger partial charge in [0, 0.05) is 17.9 Å². The maximum atomic E-state index is 11.3. The molecule has 0 fully saturated rings. The number of halogens is 1. The van der Waals surface area contributed by atoms with Gasteiger partial charge in [-0.25, -0.2) is 0 Å². The molecule has 2 N–H and O–H groups in total. The van der Waals surface area contributed by atoms with E-state index in [-0.39, 0.29) is 11.3 Å². The smallest absolute Gasteiger partial charge is 0.221 e. The number of carbonyl (C=O) groups excluding carboxylic acids is 1. The van der Waals surface area contributed by atoms with E-state index in [2.05, 4.69) is 20.5 Å². The quantitative estimate of drug-likeness (QED) is 0.753. The molecule has 1 amide bonds. The first-order chi connectivity index (χ1) is 10.8. The van der Waals surface area contributed by atoms with Crippen LogP contribution in [0, 0.1) is 0 Å². The standard InChI is InChI=1S/C16H18ClN5O/c1-9(23)18-11-8-6-5-7-10(11)14-19-15-12(17)13(16(2,3)4)20-22(15)21-14/h5-8H,1-4H3,(H,18,23)(H,19,21). The van der Waals surface area contributed by atoms with Gasteiger partial charge in [0.1, 0.15) is 5.02 Å². The Kier molecular flexibility index (Phi) is 3.64. The number of H-pyrrole nitrogens is 1. The molecule has 0 saturated heterocycles. The molecule has 23 heavy (non-hydrogen) atoms. The Labute approximate surface area is 138 Å². The van der Waals surface area contributed by atoms with Gasteiger partial charge in [-0.3, -0.25) is 4.79 Å². The van der Waals surface area contributed by atoms with E-state index in [9.17, 15) is 4.79 Å². The average Bonchev–Trinajstić information content (AvgIpc) is 2.98. The highest BCUT2D eigenvalue weighted by Crippen LogP contribution is 2.33. The van der Waals surface area contributed by atoms with Gasteiger partial charge in [0.2, 0.25) is 5.91 Å². The molecule has 0 bridgehead atoms. The van der Waals surface area contributed by atoms with Crippen molar-refractivity contribution in [3.8, 4) is 11.4 Å². The molecule has 3 aromatic rings. The van der Waals surface area contributed by atoms with Crippen LogP contribution in [0.5, 0.6) is 0 Å². The summed E-state index contributed by atoms with van der Waals surface area (Å²) in [6.07, 6.45) is 0. The molecule has 0 spiro atoms. The topological polar surface area (TPSA) is 75.1 Å². The number of hydrogen-bond acceptors (Lipinski definition) is 3. The van der Waals surface area contributed by atoms with Gasteiger partial charge in [-0.1, -0.05) is 44.5 Å². The second kappa shape index (κ2) is 5.38. The minimum Gasteiger partial charge on any atom is -0.326 e. The van der Waals surface area contributed by atoms with E-state index in [1.165, 1.54) is 11.6 Å². The Morgan fingerprint density at radius 3 is 2.57 bits per heavy atom. The van der Waals surface area contributed by atoms with E-state index < -0.39 is 0 Å². The second-order valence-corrected chi connectivity index (χ2v) is 6.83. The number of rotatable bonds is 2. The molecule has 0 aliphatic heterocycles. The normalized spacial score (nSPS) is 11.9. The van der Waals surface area contributed by atoms with Crippen LogP contribution < -0.4 is 5.32 Å². The second-order valence-electron chi connectivity index (χ2n) is 6.45. The molecule has 120 valence electrons. The van der Waals surface area contributed by atoms with Crippen molar-refractivity contribution in [1.82, 2.24) is 19.8 Å². The van der Waals surface area contributed by atoms with E-state index in [1.54, 1.807) is 0 Å². The summed E-state index contributed by atoms with van der Waals surface area (Å²) in [5.74, 6) is 0.459. The molecular weight excluding hydrogens is 314 g/mol. The number of amides is 1. The lowest BCUT2D eigenvalue weighted by molar-refractivity contribution is -0.114. The maximum Gasteiger partial charge on any atom is 0.221 e. The van der Waals surface area contributed by atoms with Gasteiger partial charge in [-0.15, -0.1) is 9.73 Å². The molecule has 0 saturated carbocycles. The summed E-state index contributed by atoms with van der Waals surface area (Å²) in [6, 6.07) is 7.44. The molecule has 0 unspecified atom stereocenters. The predicted octanol–water partition coefficient (Wildman–Crippen LogP) is 3.63. The first kappa shape index (κ1) is 15.6. The summed E-state index contributed by atoms with van der Waals surface area (Å²) in [6.45, 7) is 7.62. The fourth-order valence-corrected chi connectivity index (χ4v) is 2.83. The van der Waals surface area contributed by atoms with E-state index in [0.717, 1.165) is 11.3 Å². The van der Waals surface area contributed by atoms with E-state index in [0.29, 0.717) is 22.2 Å². The van der Waals surface area contributed by atoms with Crippen LogP contribution >= 0.6 is 11.6 Å². The van der Waals surface area contributed by atoms with Crippen molar-refractivity contribution in [1.29, 1.82) is 0 Å². The molecule has 2 aromatic heterocycles. The molecule has 0 radical (unpaired) electrons. The monoisotopic (exact) mass is 331 g/mol. The third-order valence-corrected chi connectivity index (χ3v) is 3.80. The fraction of sp³-hybridized carbons (Fsp3) is 0.312. The van der Waals surface area contributed by atoms with Gasteiger partial charge in [0.05, 0.1) is 11.4 Å². The number of nitrogens with one attached hydrogen (secondary N) is 2. The van der Waals surface area contributed by atoms with Gasteiger partial charge in [-0.2, -0.15) is 5.10 Å². The highest BCUT2D eigenvalue weighted by Gasteiger charge is 2.25. The molecular formula is C16H18ClN5O. The third-order valence-electron chi connectivity index (χ3n) is 3.45. The zero-order valence-corrected chi connectivity index (χ0v) is 14.2. The SMILES string of the molecule is CC(=O)Nc1ccccc1-c1nn2nc(C(C)(C)C)c(Cl)c2[nH]1. The number of nitrogens with zero attached hydrogens (tertiary/aromatic N) is 3. The number of hydrogen-bond donors (Lipinski definition) is 2. The Morgan fingerprint density at radius 1 is 1.26 bits per heavy atom. The number of anilines is 1. The summed E-state index contributed by atoms with van der Waals surface area (Å²) in [5, 5.41) is 12.3. The largest absolute Gasteiger partial charge is 0.326 e. The summed E-state index contributed by atoms with van der Waals surface area (Å²) in [4.78, 5) is 14.5. The van der Waals surface area contributed by atoms with Crippen molar-refractivity contribution < 1.29 is 4.79 Å². The molecule has 1 aromatic carbocycles. The van der Waals surface area contributed by atoms with Crippen molar-refractivity contribution in [2.24, 2.45) is 0 Å². The van der Waals surface area contributed by atoms with Crippen LogP contribution in [0.2, 0.25) is 5.02 Å². The van der Waals surface area contributed by atoms with Crippen molar-refractivity contribution in [3.63, 3.8) is 0 Å². The van der Waals surface area contributed by atoms with Crippen LogP contribution in [0.3, 0.4) is 0 Å². The van der Waals surface area contributed by atoms with Gasteiger partial charge >= 0.3 is 0 Å². The Morgan fingerprint density at radius 2 is 1.96 bits per heavy atom. The lowest BCUT2D eigenvalue weighted by Gasteiger charge is -2.14. The van der Waals surface area contributed by atoms with Crippen molar-refractivity contribution in [2.75, 3.05) is 5.32 Å². The van der Waals surface area contributed by atoms with Crippen molar-refractivity contribution >= 4 is 28.8 Å². The Bertz CT molecular complexity index is 888. The van der Waals surface area contributed by atoms with Gasteiger partial charge in [0.15, 0.2) is 11.5 Å². The van der Waals surface area contributed by atoms with Gasteiger partial charge in [0.25, 0.3) is 0 Å². The first-order valence-corrected chi connectivity index (χ1v) is 7.67. The number of para-hydroxylation sites is 1. The zero-order chi connectivity index (χ0) is 16.8. The van der Waals surface area contributed by atoms with Crippen molar-refractivity contribution in [2.45, 2.75) is 33.1 Å². The van der Waals surface area contributed by atoms with E-state index >= 15 is 0 Å². The minimum atomic E-state index is -0.167. The molecule has 0 aliphatic rings. The molecule has 0 aliphatic carbocycles. The van der Waals surface area contributed by atoms with Crippen LogP contribution in [-0.4, -0.2) is 25.7 Å². The van der Waals surface area contributed by atoms with Crippen LogP contribution in [-0.2, 0) is 10.2 Å². The number of carbonyl (C=O) groups is 1. The lowest BCUT2D eigenvalue weighted by Crippen LogP contribution is -2.13. The highest BCUT2D eigenvalue weighted by molar-refractivity contribution is 6.34. The molecule has 0 atom stereocenters. The van der Waals surface area contributed by atoms with Crippen LogP contribution in [0.1, 0.15) is 33.4 Å². The Balaban J connectivity index is 2.11. The summed E-state index contributed by atoms with van der Waals surface area (Å²) in [5.41, 5.74) is 2.73. The maximum absolute atomic E-state index is 11.3. The van der Waals surface area contributed by atoms with E-state index in [1.807, 2.05) is 45.0 Å². The number of benzene rings is 1. The van der Waals surface area contributed by atoms with E-state index in [4.69, 9.17) is 11.6 Å². The van der Waals surface area contributed by atoms with Crippen LogP contribution in [0.4, 0.5) is 5.69 Å². The molecule has 6 nitrogen and oxygen atoms in total. The average molecular weight is 332 g/mol. The zero-order valence-electron chi connectivity index (χ0n) is 13.4. The van der Waals surface area contributed by atoms with Crippen LogP contribution in [0.25, 0.3) is 17.0 Å². The molecule has 3 rings (SSSR count). The highest BCUT2D eigenvalue weighted by atomic mass is 35.5. The minimum absolute atomic E-state index is 0.137. The van der Waals surface area contributed by atoms with Crippen molar-refractivity contribution in [3.05, 3.63) is 35.0 Å². The third kappa shape index (κ3) is 2.82.